The standard InChI is InChI=1S/C14H17FN2O2/c1-19-13(18)14-8-11(14)6-7-17(14)16-9-10-2-4-12(15)5-3-10/h2-5,11,16H,6-9H2,1H3/t11-,14-/m1/s1. The fraction of sp³-hybridized carbons (Fsp3) is 0.500. The first-order valence-electron chi connectivity index (χ1n) is 6.51. The molecule has 3 rings (SSSR count). The molecule has 0 spiro atoms. The van der Waals surface area contributed by atoms with Crippen LogP contribution < -0.4 is 5.43 Å². The number of halogens is 1. The Kier molecular flexibility index (Phi) is 3.03. The van der Waals surface area contributed by atoms with Gasteiger partial charge in [0.15, 0.2) is 0 Å². The molecule has 1 saturated carbocycles. The zero-order valence-corrected chi connectivity index (χ0v) is 10.9. The Morgan fingerprint density at radius 1 is 1.53 bits per heavy atom. The lowest BCUT2D eigenvalue weighted by Gasteiger charge is -2.26. The van der Waals surface area contributed by atoms with Crippen LogP contribution in [0.4, 0.5) is 4.39 Å². The van der Waals surface area contributed by atoms with Crippen LogP contribution in [0.2, 0.25) is 0 Å². The molecule has 19 heavy (non-hydrogen) atoms. The minimum Gasteiger partial charge on any atom is -0.468 e. The van der Waals surface area contributed by atoms with Crippen LogP contribution in [0, 0.1) is 11.7 Å². The molecule has 1 aliphatic heterocycles. The Morgan fingerprint density at radius 2 is 2.26 bits per heavy atom. The molecule has 1 aliphatic carbocycles. The Labute approximate surface area is 111 Å². The molecular formula is C14H17FN2O2. The van der Waals surface area contributed by atoms with Crippen molar-refractivity contribution >= 4 is 5.97 Å². The van der Waals surface area contributed by atoms with Gasteiger partial charge in [0.05, 0.1) is 7.11 Å². The molecule has 1 aromatic carbocycles. The Bertz CT molecular complexity index is 491. The summed E-state index contributed by atoms with van der Waals surface area (Å²) in [6.45, 7) is 1.44. The Hall–Kier alpha value is -1.46. The van der Waals surface area contributed by atoms with E-state index in [2.05, 4.69) is 5.43 Å². The number of hydrazine groups is 1. The summed E-state index contributed by atoms with van der Waals surface area (Å²) in [4.78, 5) is 11.9. The number of hydrogen-bond donors (Lipinski definition) is 1. The number of nitrogens with zero attached hydrogens (tertiary/aromatic N) is 1. The minimum atomic E-state index is -0.450. The SMILES string of the molecule is COC(=O)[C@@]12C[C@H]1CCN2NCc1ccc(F)cc1. The van der Waals surface area contributed by atoms with Gasteiger partial charge in [-0.3, -0.25) is 0 Å². The molecule has 2 aliphatic rings. The zero-order valence-electron chi connectivity index (χ0n) is 10.9. The van der Waals surface area contributed by atoms with E-state index in [1.165, 1.54) is 19.2 Å². The van der Waals surface area contributed by atoms with E-state index in [4.69, 9.17) is 4.74 Å². The van der Waals surface area contributed by atoms with E-state index in [-0.39, 0.29) is 11.8 Å². The van der Waals surface area contributed by atoms with Crippen LogP contribution in [-0.2, 0) is 16.1 Å². The molecule has 0 bridgehead atoms. The van der Waals surface area contributed by atoms with Crippen LogP contribution >= 0.6 is 0 Å². The van der Waals surface area contributed by atoms with Gasteiger partial charge < -0.3 is 4.74 Å². The predicted molar refractivity (Wildman–Crippen MR) is 67.4 cm³/mol. The van der Waals surface area contributed by atoms with Crippen molar-refractivity contribution in [3.8, 4) is 0 Å². The summed E-state index contributed by atoms with van der Waals surface area (Å²) in [5.74, 6) is 0.0282. The number of esters is 1. The molecule has 5 heteroatoms. The smallest absolute Gasteiger partial charge is 0.327 e. The molecule has 0 radical (unpaired) electrons. The maximum Gasteiger partial charge on any atom is 0.327 e. The summed E-state index contributed by atoms with van der Waals surface area (Å²) in [7, 11) is 1.43. The normalized spacial score (nSPS) is 29.1. The first-order valence-corrected chi connectivity index (χ1v) is 6.51. The minimum absolute atomic E-state index is 0.151. The lowest BCUT2D eigenvalue weighted by Crippen LogP contribution is -2.49. The van der Waals surface area contributed by atoms with E-state index in [0.29, 0.717) is 12.5 Å². The molecule has 1 N–H and O–H groups in total. The number of carbonyl (C=O) groups excluding carboxylic acids is 1. The maximum atomic E-state index is 12.8. The van der Waals surface area contributed by atoms with E-state index in [1.807, 2.05) is 5.01 Å². The summed E-state index contributed by atoms with van der Waals surface area (Å²) >= 11 is 0. The highest BCUT2D eigenvalue weighted by molar-refractivity contribution is 5.85. The van der Waals surface area contributed by atoms with Crippen molar-refractivity contribution in [1.29, 1.82) is 0 Å². The monoisotopic (exact) mass is 264 g/mol. The van der Waals surface area contributed by atoms with E-state index in [1.54, 1.807) is 12.1 Å². The van der Waals surface area contributed by atoms with Crippen LogP contribution in [0.3, 0.4) is 0 Å². The van der Waals surface area contributed by atoms with Gasteiger partial charge in [0, 0.05) is 13.1 Å². The van der Waals surface area contributed by atoms with E-state index < -0.39 is 5.54 Å². The largest absolute Gasteiger partial charge is 0.468 e. The number of piperidine rings is 1. The number of ether oxygens (including phenoxy) is 1. The van der Waals surface area contributed by atoms with Gasteiger partial charge in [-0.15, -0.1) is 0 Å². The van der Waals surface area contributed by atoms with Gasteiger partial charge in [-0.1, -0.05) is 12.1 Å². The quantitative estimate of drug-likeness (QED) is 0.836. The van der Waals surface area contributed by atoms with E-state index in [0.717, 1.165) is 24.9 Å². The molecule has 1 heterocycles. The van der Waals surface area contributed by atoms with Crippen LogP contribution in [0.5, 0.6) is 0 Å². The van der Waals surface area contributed by atoms with Gasteiger partial charge in [-0.05, 0) is 36.5 Å². The molecule has 1 aromatic rings. The lowest BCUT2D eigenvalue weighted by atomic mass is 10.2. The zero-order chi connectivity index (χ0) is 13.5. The molecule has 0 unspecified atom stereocenters. The number of benzene rings is 1. The fourth-order valence-corrected chi connectivity index (χ4v) is 3.02. The van der Waals surface area contributed by atoms with Crippen LogP contribution in [0.15, 0.2) is 24.3 Å². The van der Waals surface area contributed by atoms with Gasteiger partial charge in [0.2, 0.25) is 0 Å². The average molecular weight is 264 g/mol. The number of carbonyl (C=O) groups is 1. The van der Waals surface area contributed by atoms with Crippen molar-refractivity contribution in [3.05, 3.63) is 35.6 Å². The molecule has 4 nitrogen and oxygen atoms in total. The topological polar surface area (TPSA) is 41.6 Å². The van der Waals surface area contributed by atoms with Crippen LogP contribution in [0.1, 0.15) is 18.4 Å². The second kappa shape index (κ2) is 4.58. The van der Waals surface area contributed by atoms with Crippen LogP contribution in [0.25, 0.3) is 0 Å². The molecule has 1 saturated heterocycles. The van der Waals surface area contributed by atoms with Crippen molar-refractivity contribution in [2.75, 3.05) is 13.7 Å². The third kappa shape index (κ3) is 2.03. The number of rotatable bonds is 4. The van der Waals surface area contributed by atoms with E-state index in [9.17, 15) is 9.18 Å². The molecule has 102 valence electrons. The van der Waals surface area contributed by atoms with Crippen LogP contribution in [-0.4, -0.2) is 30.2 Å². The van der Waals surface area contributed by atoms with Crippen molar-refractivity contribution < 1.29 is 13.9 Å². The van der Waals surface area contributed by atoms with Crippen molar-refractivity contribution in [1.82, 2.24) is 10.4 Å². The summed E-state index contributed by atoms with van der Waals surface area (Å²) < 4.78 is 17.7. The number of fused-ring (bicyclic) bond motifs is 1. The highest BCUT2D eigenvalue weighted by Crippen LogP contribution is 2.55. The van der Waals surface area contributed by atoms with Gasteiger partial charge in [0.1, 0.15) is 11.4 Å². The third-order valence-corrected chi connectivity index (χ3v) is 4.18. The van der Waals surface area contributed by atoms with Crippen molar-refractivity contribution in [3.63, 3.8) is 0 Å². The Balaban J connectivity index is 1.64. The molecule has 0 amide bonds. The average Bonchev–Trinajstić information content (AvgIpc) is 3.06. The van der Waals surface area contributed by atoms with Gasteiger partial charge in [-0.2, -0.15) is 0 Å². The number of methoxy groups -OCH3 is 1. The summed E-state index contributed by atoms with van der Waals surface area (Å²) in [5.41, 5.74) is 3.82. The second-order valence-electron chi connectivity index (χ2n) is 5.22. The van der Waals surface area contributed by atoms with Crippen molar-refractivity contribution in [2.24, 2.45) is 5.92 Å². The van der Waals surface area contributed by atoms with Gasteiger partial charge in [-0.25, -0.2) is 19.6 Å². The number of nitrogens with one attached hydrogen (secondary N) is 1. The first-order chi connectivity index (χ1) is 9.16. The summed E-state index contributed by atoms with van der Waals surface area (Å²) in [6.07, 6.45) is 1.89. The Morgan fingerprint density at radius 3 is 2.89 bits per heavy atom. The number of hydrogen-bond acceptors (Lipinski definition) is 4. The second-order valence-corrected chi connectivity index (χ2v) is 5.22. The van der Waals surface area contributed by atoms with Crippen molar-refractivity contribution in [2.45, 2.75) is 24.9 Å². The summed E-state index contributed by atoms with van der Waals surface area (Å²) in [5, 5.41) is 1.99. The molecule has 0 aromatic heterocycles. The maximum absolute atomic E-state index is 12.8. The molecular weight excluding hydrogens is 247 g/mol. The van der Waals surface area contributed by atoms with Gasteiger partial charge >= 0.3 is 5.97 Å². The molecule has 2 atom stereocenters. The highest BCUT2D eigenvalue weighted by atomic mass is 19.1. The molecule has 2 fully saturated rings. The predicted octanol–water partition coefficient (Wildman–Crippen LogP) is 1.47. The highest BCUT2D eigenvalue weighted by Gasteiger charge is 2.68. The fourth-order valence-electron chi connectivity index (χ4n) is 3.02. The third-order valence-electron chi connectivity index (χ3n) is 4.18. The summed E-state index contributed by atoms with van der Waals surface area (Å²) in [6, 6.07) is 6.37. The lowest BCUT2D eigenvalue weighted by molar-refractivity contribution is -0.149. The van der Waals surface area contributed by atoms with Gasteiger partial charge in [0.25, 0.3) is 0 Å². The van der Waals surface area contributed by atoms with E-state index >= 15 is 0 Å². The first kappa shape index (κ1) is 12.6.